The van der Waals surface area contributed by atoms with Crippen LogP contribution in [0.2, 0.25) is 0 Å². The lowest BCUT2D eigenvalue weighted by Crippen LogP contribution is -2.35. The molecule has 0 aliphatic rings. The second-order valence-electron chi connectivity index (χ2n) is 4.26. The number of aliphatic hydroxyl groups is 1. The van der Waals surface area contributed by atoms with Gasteiger partial charge in [0.1, 0.15) is 0 Å². The molecule has 0 spiro atoms. The summed E-state index contributed by atoms with van der Waals surface area (Å²) in [5.74, 6) is -0.178. The van der Waals surface area contributed by atoms with Crippen LogP contribution in [0, 0.1) is 5.82 Å². The van der Waals surface area contributed by atoms with E-state index in [2.05, 4.69) is 5.32 Å². The Morgan fingerprint density at radius 1 is 1.50 bits per heavy atom. The van der Waals surface area contributed by atoms with Gasteiger partial charge in [-0.25, -0.2) is 4.39 Å². The van der Waals surface area contributed by atoms with Gasteiger partial charge >= 0.3 is 0 Å². The molecule has 0 bridgehead atoms. The number of halogens is 1. The van der Waals surface area contributed by atoms with Crippen LogP contribution in [0.3, 0.4) is 0 Å². The third kappa shape index (κ3) is 3.94. The minimum Gasteiger partial charge on any atom is -0.494 e. The molecule has 1 aromatic rings. The maximum atomic E-state index is 13.6. The number of nitrogens with one attached hydrogen (secondary N) is 1. The molecule has 5 heteroatoms. The molecule has 0 fully saturated rings. The maximum Gasteiger partial charge on any atom is 0.165 e. The quantitative estimate of drug-likeness (QED) is 0.685. The summed E-state index contributed by atoms with van der Waals surface area (Å²) in [6.45, 7) is 2.43. The second kappa shape index (κ2) is 7.31. The largest absolute Gasteiger partial charge is 0.494 e. The van der Waals surface area contributed by atoms with Crippen molar-refractivity contribution in [3.05, 3.63) is 29.6 Å². The van der Waals surface area contributed by atoms with E-state index in [1.54, 1.807) is 12.1 Å². The molecule has 0 aromatic heterocycles. The summed E-state index contributed by atoms with van der Waals surface area (Å²) in [4.78, 5) is 0. The molecule has 4 nitrogen and oxygen atoms in total. The summed E-state index contributed by atoms with van der Waals surface area (Å²) in [5.41, 5.74) is 6.47. The molecule has 0 radical (unpaired) electrons. The molecule has 2 atom stereocenters. The first-order valence-corrected chi connectivity index (χ1v) is 6.02. The van der Waals surface area contributed by atoms with Gasteiger partial charge in [0.15, 0.2) is 11.6 Å². The number of hydrogen-bond donors (Lipinski definition) is 3. The van der Waals surface area contributed by atoms with E-state index < -0.39 is 5.82 Å². The Balaban J connectivity index is 2.78. The lowest BCUT2D eigenvalue weighted by atomic mass is 10.0. The van der Waals surface area contributed by atoms with E-state index in [1.165, 1.54) is 13.2 Å². The Morgan fingerprint density at radius 2 is 2.22 bits per heavy atom. The molecule has 0 saturated heterocycles. The summed E-state index contributed by atoms with van der Waals surface area (Å²) < 4.78 is 18.5. The van der Waals surface area contributed by atoms with Crippen molar-refractivity contribution >= 4 is 0 Å². The van der Waals surface area contributed by atoms with Crippen molar-refractivity contribution in [3.8, 4) is 5.75 Å². The first-order chi connectivity index (χ1) is 8.62. The Labute approximate surface area is 107 Å². The van der Waals surface area contributed by atoms with E-state index in [-0.39, 0.29) is 24.4 Å². The lowest BCUT2D eigenvalue weighted by Gasteiger charge is -2.22. The fourth-order valence-electron chi connectivity index (χ4n) is 1.82. The zero-order chi connectivity index (χ0) is 13.5. The van der Waals surface area contributed by atoms with Gasteiger partial charge in [-0.15, -0.1) is 0 Å². The van der Waals surface area contributed by atoms with Gasteiger partial charge in [0, 0.05) is 25.2 Å². The van der Waals surface area contributed by atoms with Gasteiger partial charge in [-0.1, -0.05) is 6.07 Å². The van der Waals surface area contributed by atoms with E-state index in [0.29, 0.717) is 13.0 Å². The third-order valence-electron chi connectivity index (χ3n) is 2.86. The predicted molar refractivity (Wildman–Crippen MR) is 69.0 cm³/mol. The highest BCUT2D eigenvalue weighted by Gasteiger charge is 2.14. The number of ether oxygens (including phenoxy) is 1. The van der Waals surface area contributed by atoms with Gasteiger partial charge in [0.25, 0.3) is 0 Å². The van der Waals surface area contributed by atoms with Gasteiger partial charge in [0.05, 0.1) is 7.11 Å². The molecule has 18 heavy (non-hydrogen) atoms. The summed E-state index contributed by atoms with van der Waals surface area (Å²) in [7, 11) is 1.43. The molecule has 0 aliphatic carbocycles. The minimum atomic E-state index is -0.398. The summed E-state index contributed by atoms with van der Waals surface area (Å²) >= 11 is 0. The van der Waals surface area contributed by atoms with Gasteiger partial charge in [-0.2, -0.15) is 0 Å². The minimum absolute atomic E-state index is 0.114. The Morgan fingerprint density at radius 3 is 2.72 bits per heavy atom. The van der Waals surface area contributed by atoms with Gasteiger partial charge in [-0.3, -0.25) is 0 Å². The van der Waals surface area contributed by atoms with Crippen LogP contribution in [0.1, 0.15) is 24.9 Å². The Hall–Kier alpha value is -1.17. The van der Waals surface area contributed by atoms with Gasteiger partial charge < -0.3 is 20.9 Å². The van der Waals surface area contributed by atoms with E-state index in [0.717, 1.165) is 5.56 Å². The topological polar surface area (TPSA) is 67.5 Å². The van der Waals surface area contributed by atoms with Gasteiger partial charge in [0.2, 0.25) is 0 Å². The highest BCUT2D eigenvalue weighted by atomic mass is 19.1. The third-order valence-corrected chi connectivity index (χ3v) is 2.86. The number of nitrogens with two attached hydrogens (primary N) is 1. The van der Waals surface area contributed by atoms with Crippen molar-refractivity contribution in [1.82, 2.24) is 5.32 Å². The monoisotopic (exact) mass is 256 g/mol. The van der Waals surface area contributed by atoms with E-state index in [9.17, 15) is 4.39 Å². The summed E-state index contributed by atoms with van der Waals surface area (Å²) in [5, 5.41) is 12.1. The molecule has 1 rings (SSSR count). The van der Waals surface area contributed by atoms with Crippen LogP contribution in [0.25, 0.3) is 0 Å². The number of methoxy groups -OCH3 is 1. The second-order valence-corrected chi connectivity index (χ2v) is 4.26. The fraction of sp³-hybridized carbons (Fsp3) is 0.538. The fourth-order valence-corrected chi connectivity index (χ4v) is 1.82. The number of rotatable bonds is 7. The molecular formula is C13H21FN2O2. The van der Waals surface area contributed by atoms with Crippen LogP contribution in [-0.2, 0) is 0 Å². The van der Waals surface area contributed by atoms with Crippen LogP contribution in [0.15, 0.2) is 18.2 Å². The van der Waals surface area contributed by atoms with E-state index in [4.69, 9.17) is 15.6 Å². The van der Waals surface area contributed by atoms with Crippen molar-refractivity contribution in [3.63, 3.8) is 0 Å². The maximum absolute atomic E-state index is 13.6. The first kappa shape index (κ1) is 14.9. The lowest BCUT2D eigenvalue weighted by molar-refractivity contribution is 0.263. The Bertz CT molecular complexity index is 374. The van der Waals surface area contributed by atoms with Crippen LogP contribution in [0.4, 0.5) is 4.39 Å². The van der Waals surface area contributed by atoms with Crippen LogP contribution in [0.5, 0.6) is 5.75 Å². The molecule has 0 heterocycles. The number of benzene rings is 1. The number of hydrogen-bond acceptors (Lipinski definition) is 4. The average Bonchev–Trinajstić information content (AvgIpc) is 2.36. The normalized spacial score (nSPS) is 14.3. The van der Waals surface area contributed by atoms with Crippen molar-refractivity contribution in [2.24, 2.45) is 5.73 Å². The van der Waals surface area contributed by atoms with Crippen molar-refractivity contribution < 1.29 is 14.2 Å². The molecule has 0 saturated carbocycles. The van der Waals surface area contributed by atoms with Crippen LogP contribution < -0.4 is 15.8 Å². The van der Waals surface area contributed by atoms with Crippen LogP contribution >= 0.6 is 0 Å². The van der Waals surface area contributed by atoms with Crippen molar-refractivity contribution in [2.75, 3.05) is 20.3 Å². The Kier molecular flexibility index (Phi) is 6.04. The smallest absolute Gasteiger partial charge is 0.165 e. The first-order valence-electron chi connectivity index (χ1n) is 6.02. The van der Waals surface area contributed by atoms with Crippen molar-refractivity contribution in [1.29, 1.82) is 0 Å². The van der Waals surface area contributed by atoms with E-state index >= 15 is 0 Å². The molecular weight excluding hydrogens is 235 g/mol. The van der Waals surface area contributed by atoms with E-state index in [1.807, 2.05) is 6.92 Å². The van der Waals surface area contributed by atoms with Crippen molar-refractivity contribution in [2.45, 2.75) is 25.4 Å². The molecule has 0 aliphatic heterocycles. The summed E-state index contributed by atoms with van der Waals surface area (Å²) in [6.07, 6.45) is 0.634. The van der Waals surface area contributed by atoms with Crippen LogP contribution in [-0.4, -0.2) is 31.4 Å². The summed E-state index contributed by atoms with van der Waals surface area (Å²) in [6, 6.07) is 4.79. The molecule has 0 amide bonds. The number of aliphatic hydroxyl groups excluding tert-OH is 1. The predicted octanol–water partition coefficient (Wildman–Crippen LogP) is 1.19. The highest BCUT2D eigenvalue weighted by Crippen LogP contribution is 2.21. The molecule has 2 unspecified atom stereocenters. The zero-order valence-electron chi connectivity index (χ0n) is 10.8. The average molecular weight is 256 g/mol. The standard InChI is InChI=1S/C13H21FN2O2/c1-9(5-6-17)16-12(8-15)10-3-4-13(18-2)11(14)7-10/h3-4,7,9,12,16-17H,5-6,8,15H2,1-2H3. The molecule has 4 N–H and O–H groups in total. The van der Waals surface area contributed by atoms with Gasteiger partial charge in [-0.05, 0) is 31.0 Å². The highest BCUT2D eigenvalue weighted by molar-refractivity contribution is 5.31. The molecule has 102 valence electrons. The SMILES string of the molecule is COc1ccc(C(CN)NC(C)CCO)cc1F. The molecule has 1 aromatic carbocycles. The zero-order valence-corrected chi connectivity index (χ0v) is 10.8.